The van der Waals surface area contributed by atoms with Gasteiger partial charge in [-0.1, -0.05) is 23.5 Å². The first-order valence-corrected chi connectivity index (χ1v) is 8.77. The van der Waals surface area contributed by atoms with Crippen molar-refractivity contribution in [1.82, 2.24) is 0 Å². The van der Waals surface area contributed by atoms with Crippen LogP contribution in [0.3, 0.4) is 0 Å². The minimum absolute atomic E-state index is 0.118. The third-order valence-corrected chi connectivity index (χ3v) is 9.63. The monoisotopic (exact) mass is 310 g/mol. The van der Waals surface area contributed by atoms with Crippen molar-refractivity contribution in [2.45, 2.75) is 50.1 Å². The highest BCUT2D eigenvalue weighted by Crippen LogP contribution is 2.81. The predicted molar refractivity (Wildman–Crippen MR) is 78.8 cm³/mol. The van der Waals surface area contributed by atoms with E-state index in [1.165, 1.54) is 0 Å². The van der Waals surface area contributed by atoms with E-state index in [0.29, 0.717) is 0 Å². The highest BCUT2D eigenvalue weighted by molar-refractivity contribution is 8.38. The topological polar surface area (TPSA) is 49.7 Å². The van der Waals surface area contributed by atoms with Gasteiger partial charge in [-0.25, -0.2) is 0 Å². The van der Waals surface area contributed by atoms with E-state index in [2.05, 4.69) is 20.8 Å². The van der Waals surface area contributed by atoms with Crippen molar-refractivity contribution in [3.8, 4) is 0 Å². The average molecular weight is 310 g/mol. The minimum Gasteiger partial charge on any atom is -0.402 e. The van der Waals surface area contributed by atoms with Crippen LogP contribution >= 0.6 is 47.0 Å². The second-order valence-electron chi connectivity index (χ2n) is 5.29. The molecule has 4 bridgehead atoms. The molecule has 17 heavy (non-hydrogen) atoms. The summed E-state index contributed by atoms with van der Waals surface area (Å²) in [5.41, 5.74) is 0. The summed E-state index contributed by atoms with van der Waals surface area (Å²) in [4.78, 5) is 0. The molecule has 4 aliphatic heterocycles. The third-order valence-electron chi connectivity index (χ3n) is 3.07. The standard InChI is InChI=1S/C9H15BO3S4/c1-6-4-7(2)15-8(3,14-6)5-9(16-6,17-7)13-10(11)12/h11-12H,4-5H2,1-3H3/t6-,7+,8?,9?. The van der Waals surface area contributed by atoms with Crippen LogP contribution in [0, 0.1) is 0 Å². The van der Waals surface area contributed by atoms with E-state index in [9.17, 15) is 0 Å². The summed E-state index contributed by atoms with van der Waals surface area (Å²) in [6.45, 7) is 6.75. The summed E-state index contributed by atoms with van der Waals surface area (Å²) >= 11 is 7.52. The quantitative estimate of drug-likeness (QED) is 0.760. The largest absolute Gasteiger partial charge is 0.635 e. The van der Waals surface area contributed by atoms with Crippen LogP contribution in [0.15, 0.2) is 0 Å². The molecule has 4 fully saturated rings. The van der Waals surface area contributed by atoms with Crippen LogP contribution in [0.1, 0.15) is 33.6 Å². The Morgan fingerprint density at radius 3 is 1.76 bits per heavy atom. The summed E-state index contributed by atoms with van der Waals surface area (Å²) in [7, 11) is -1.68. The van der Waals surface area contributed by atoms with Gasteiger partial charge in [0, 0.05) is 6.42 Å². The van der Waals surface area contributed by atoms with E-state index in [0.717, 1.165) is 12.8 Å². The lowest BCUT2D eigenvalue weighted by atomic mass is 10.2. The van der Waals surface area contributed by atoms with E-state index >= 15 is 0 Å². The van der Waals surface area contributed by atoms with Gasteiger partial charge in [-0.15, -0.1) is 23.5 Å². The van der Waals surface area contributed by atoms with Gasteiger partial charge in [0.15, 0.2) is 4.27 Å². The van der Waals surface area contributed by atoms with Gasteiger partial charge in [0.1, 0.15) is 0 Å². The molecule has 96 valence electrons. The molecule has 0 radical (unpaired) electrons. The van der Waals surface area contributed by atoms with Crippen LogP contribution in [0.25, 0.3) is 0 Å². The molecule has 0 amide bonds. The fourth-order valence-electron chi connectivity index (χ4n) is 3.17. The van der Waals surface area contributed by atoms with Crippen LogP contribution < -0.4 is 0 Å². The Balaban J connectivity index is 1.98. The first-order valence-electron chi connectivity index (χ1n) is 5.50. The van der Waals surface area contributed by atoms with Gasteiger partial charge in [0.25, 0.3) is 0 Å². The lowest BCUT2D eigenvalue weighted by molar-refractivity contribution is 0.138. The Bertz CT molecular complexity index is 313. The van der Waals surface area contributed by atoms with Gasteiger partial charge in [-0.3, -0.25) is 0 Å². The van der Waals surface area contributed by atoms with Crippen molar-refractivity contribution in [2.75, 3.05) is 0 Å². The number of thioether (sulfide) groups is 4. The molecular formula is C9H15BO3S4. The lowest BCUT2D eigenvalue weighted by Gasteiger charge is -2.65. The maximum atomic E-state index is 9.16. The number of hydrogen-bond acceptors (Lipinski definition) is 7. The molecule has 2 unspecified atom stereocenters. The Kier molecular flexibility index (Phi) is 2.91. The van der Waals surface area contributed by atoms with Gasteiger partial charge in [-0.05, 0) is 27.2 Å². The molecule has 0 spiro atoms. The highest BCUT2D eigenvalue weighted by Gasteiger charge is 2.68. The molecule has 0 aromatic heterocycles. The average Bonchev–Trinajstić information content (AvgIpc) is 1.87. The number of rotatable bonds is 2. The van der Waals surface area contributed by atoms with Gasteiger partial charge >= 0.3 is 7.32 Å². The summed E-state index contributed by atoms with van der Waals surface area (Å²) in [5.74, 6) is 0. The molecular weight excluding hydrogens is 295 g/mol. The van der Waals surface area contributed by atoms with Crippen LogP contribution in [-0.4, -0.2) is 33.9 Å². The first kappa shape index (κ1) is 13.3. The van der Waals surface area contributed by atoms with E-state index in [1.807, 2.05) is 23.5 Å². The maximum Gasteiger partial charge on any atom is 0.635 e. The minimum atomic E-state index is -1.68. The van der Waals surface area contributed by atoms with Crippen molar-refractivity contribution in [3.05, 3.63) is 0 Å². The summed E-state index contributed by atoms with van der Waals surface area (Å²) < 4.78 is 5.31. The molecule has 0 aromatic carbocycles. The van der Waals surface area contributed by atoms with Gasteiger partial charge in [0.05, 0.1) is 12.2 Å². The van der Waals surface area contributed by atoms with E-state index in [4.69, 9.17) is 14.7 Å². The molecule has 4 atom stereocenters. The van der Waals surface area contributed by atoms with Crippen molar-refractivity contribution in [1.29, 1.82) is 0 Å². The molecule has 3 nitrogen and oxygen atoms in total. The number of hydrogen-bond donors (Lipinski definition) is 2. The zero-order valence-corrected chi connectivity index (χ0v) is 13.2. The van der Waals surface area contributed by atoms with Crippen LogP contribution in [0.4, 0.5) is 0 Å². The van der Waals surface area contributed by atoms with Crippen molar-refractivity contribution >= 4 is 54.4 Å². The molecule has 8 heteroatoms. The van der Waals surface area contributed by atoms with Crippen molar-refractivity contribution in [2.24, 2.45) is 0 Å². The second-order valence-corrected chi connectivity index (χ2v) is 13.9. The first-order chi connectivity index (χ1) is 7.66. The molecule has 4 heterocycles. The zero-order chi connectivity index (χ0) is 12.5. The molecule has 0 aromatic rings. The molecule has 4 aliphatic rings. The van der Waals surface area contributed by atoms with Crippen LogP contribution in [0.5, 0.6) is 0 Å². The highest BCUT2D eigenvalue weighted by atomic mass is 32.3. The van der Waals surface area contributed by atoms with Gasteiger partial charge < -0.3 is 14.7 Å². The molecule has 4 rings (SSSR count). The van der Waals surface area contributed by atoms with Gasteiger partial charge in [-0.2, -0.15) is 0 Å². The SMILES string of the molecule is CC12CC3(OB(O)O)S[C@@](C)(C[C@](C)(S1)S3)S2. The Labute approximate surface area is 119 Å². The summed E-state index contributed by atoms with van der Waals surface area (Å²) in [5, 5.41) is 18.3. The van der Waals surface area contributed by atoms with E-state index in [1.54, 1.807) is 23.5 Å². The summed E-state index contributed by atoms with van der Waals surface area (Å²) in [6, 6.07) is 0. The Hall–Kier alpha value is 1.34. The fourth-order valence-corrected chi connectivity index (χ4v) is 15.4. The second kappa shape index (κ2) is 3.71. The van der Waals surface area contributed by atoms with E-state index < -0.39 is 11.6 Å². The molecule has 4 saturated heterocycles. The predicted octanol–water partition coefficient (Wildman–Crippen LogP) is 2.53. The van der Waals surface area contributed by atoms with E-state index in [-0.39, 0.29) is 12.2 Å². The summed E-state index contributed by atoms with van der Waals surface area (Å²) in [6.07, 6.45) is 1.96. The van der Waals surface area contributed by atoms with Crippen molar-refractivity contribution in [3.63, 3.8) is 0 Å². The zero-order valence-electron chi connectivity index (χ0n) is 9.93. The van der Waals surface area contributed by atoms with Crippen LogP contribution in [-0.2, 0) is 4.65 Å². The molecule has 0 saturated carbocycles. The fraction of sp³-hybridized carbons (Fsp3) is 1.00. The smallest absolute Gasteiger partial charge is 0.402 e. The lowest BCUT2D eigenvalue weighted by Crippen LogP contribution is -2.59. The maximum absolute atomic E-state index is 9.16. The third kappa shape index (κ3) is 2.28. The van der Waals surface area contributed by atoms with Crippen LogP contribution in [0.2, 0.25) is 0 Å². The van der Waals surface area contributed by atoms with Gasteiger partial charge in [0.2, 0.25) is 0 Å². The normalized spacial score (nSPS) is 56.3. The Morgan fingerprint density at radius 2 is 1.35 bits per heavy atom. The Morgan fingerprint density at radius 1 is 0.882 bits per heavy atom. The van der Waals surface area contributed by atoms with Crippen molar-refractivity contribution < 1.29 is 14.7 Å². The molecule has 2 N–H and O–H groups in total. The molecule has 0 aliphatic carbocycles.